The zero-order valence-corrected chi connectivity index (χ0v) is 14.0. The first-order chi connectivity index (χ1) is 10.1. The summed E-state index contributed by atoms with van der Waals surface area (Å²) < 4.78 is 11.5. The first kappa shape index (κ1) is 15.6. The Morgan fingerprint density at radius 1 is 1.05 bits per heavy atom. The zero-order valence-electron chi connectivity index (χ0n) is 11.8. The van der Waals surface area contributed by atoms with E-state index in [1.807, 2.05) is 36.4 Å². The number of rotatable bonds is 5. The van der Waals surface area contributed by atoms with Crippen molar-refractivity contribution in [3.05, 3.63) is 63.2 Å². The molecule has 0 aliphatic rings. The first-order valence-corrected chi connectivity index (χ1v) is 7.42. The Balaban J connectivity index is 2.20. The molecule has 4 heteroatoms. The lowest BCUT2D eigenvalue weighted by Crippen LogP contribution is -1.94. The molecule has 0 saturated carbocycles. The number of allylic oxidation sites excluding steroid dienone is 1. The van der Waals surface area contributed by atoms with Crippen LogP contribution in [0.5, 0.6) is 11.5 Å². The molecule has 0 bridgehead atoms. The Labute approximate surface area is 137 Å². The highest BCUT2D eigenvalue weighted by molar-refractivity contribution is 14.1. The summed E-state index contributed by atoms with van der Waals surface area (Å²) in [5.74, 6) is 1.35. The summed E-state index contributed by atoms with van der Waals surface area (Å²) in [5.41, 5.74) is 1.50. The maximum absolute atomic E-state index is 12.1. The van der Waals surface area contributed by atoms with Crippen LogP contribution in [0.15, 0.2) is 48.5 Å². The molecular weight excluding hydrogens is 379 g/mol. The fraction of sp³-hybridized carbons (Fsp3) is 0.118. The van der Waals surface area contributed by atoms with E-state index in [2.05, 4.69) is 22.6 Å². The van der Waals surface area contributed by atoms with Gasteiger partial charge in [0, 0.05) is 20.8 Å². The maximum Gasteiger partial charge on any atom is 0.185 e. The molecule has 108 valence electrons. The third kappa shape index (κ3) is 4.07. The Kier molecular flexibility index (Phi) is 5.38. The van der Waals surface area contributed by atoms with Gasteiger partial charge in [-0.2, -0.15) is 0 Å². The van der Waals surface area contributed by atoms with E-state index in [1.165, 1.54) is 0 Å². The SMILES string of the molecule is COc1ccc(C=CC(=O)c2ccc(I)cc2)c(OC)c1. The van der Waals surface area contributed by atoms with Gasteiger partial charge in [-0.3, -0.25) is 4.79 Å². The summed E-state index contributed by atoms with van der Waals surface area (Å²) >= 11 is 2.21. The van der Waals surface area contributed by atoms with Gasteiger partial charge in [-0.15, -0.1) is 0 Å². The van der Waals surface area contributed by atoms with Crippen LogP contribution in [0.4, 0.5) is 0 Å². The molecule has 0 amide bonds. The van der Waals surface area contributed by atoms with E-state index in [9.17, 15) is 4.79 Å². The number of ketones is 1. The minimum atomic E-state index is -0.0377. The van der Waals surface area contributed by atoms with Gasteiger partial charge < -0.3 is 9.47 Å². The predicted octanol–water partition coefficient (Wildman–Crippen LogP) is 4.20. The summed E-state index contributed by atoms with van der Waals surface area (Å²) in [7, 11) is 3.19. The zero-order chi connectivity index (χ0) is 15.2. The van der Waals surface area contributed by atoms with Crippen LogP contribution in [0, 0.1) is 3.57 Å². The van der Waals surface area contributed by atoms with Gasteiger partial charge in [0.15, 0.2) is 5.78 Å². The summed E-state index contributed by atoms with van der Waals surface area (Å²) in [6.45, 7) is 0. The molecule has 2 aromatic rings. The van der Waals surface area contributed by atoms with Crippen LogP contribution in [0.2, 0.25) is 0 Å². The summed E-state index contributed by atoms with van der Waals surface area (Å²) in [4.78, 5) is 12.1. The predicted molar refractivity (Wildman–Crippen MR) is 92.1 cm³/mol. The average molecular weight is 394 g/mol. The molecule has 0 fully saturated rings. The van der Waals surface area contributed by atoms with Gasteiger partial charge in [-0.25, -0.2) is 0 Å². The highest BCUT2D eigenvalue weighted by atomic mass is 127. The molecular formula is C17H15IO3. The Morgan fingerprint density at radius 2 is 1.76 bits per heavy atom. The van der Waals surface area contributed by atoms with Crippen LogP contribution in [0.25, 0.3) is 6.08 Å². The van der Waals surface area contributed by atoms with Crippen LogP contribution < -0.4 is 9.47 Å². The third-order valence-corrected chi connectivity index (χ3v) is 3.70. The standard InChI is InChI=1S/C17H15IO3/c1-20-15-9-5-13(17(11-15)21-2)6-10-16(19)12-3-7-14(18)8-4-12/h3-11H,1-2H3. The van der Waals surface area contributed by atoms with Crippen LogP contribution in [0.1, 0.15) is 15.9 Å². The van der Waals surface area contributed by atoms with Crippen molar-refractivity contribution in [1.82, 2.24) is 0 Å². The molecule has 0 atom stereocenters. The van der Waals surface area contributed by atoms with Gasteiger partial charge in [0.2, 0.25) is 0 Å². The molecule has 0 aromatic heterocycles. The lowest BCUT2D eigenvalue weighted by molar-refractivity contribution is 0.104. The third-order valence-electron chi connectivity index (χ3n) is 2.98. The van der Waals surface area contributed by atoms with Gasteiger partial charge in [-0.1, -0.05) is 12.1 Å². The van der Waals surface area contributed by atoms with Crippen molar-refractivity contribution in [1.29, 1.82) is 0 Å². The number of hydrogen-bond acceptors (Lipinski definition) is 3. The van der Waals surface area contributed by atoms with E-state index in [-0.39, 0.29) is 5.78 Å². The molecule has 0 unspecified atom stereocenters. The quantitative estimate of drug-likeness (QED) is 0.433. The van der Waals surface area contributed by atoms with Crippen molar-refractivity contribution in [3.8, 4) is 11.5 Å². The topological polar surface area (TPSA) is 35.5 Å². The number of halogens is 1. The van der Waals surface area contributed by atoms with Crippen molar-refractivity contribution in [3.63, 3.8) is 0 Å². The Morgan fingerprint density at radius 3 is 2.38 bits per heavy atom. The fourth-order valence-electron chi connectivity index (χ4n) is 1.83. The normalized spacial score (nSPS) is 10.6. The summed E-state index contributed by atoms with van der Waals surface area (Å²) in [5, 5.41) is 0. The molecule has 0 spiro atoms. The van der Waals surface area contributed by atoms with E-state index in [1.54, 1.807) is 32.4 Å². The molecule has 0 radical (unpaired) electrons. The van der Waals surface area contributed by atoms with E-state index >= 15 is 0 Å². The van der Waals surface area contributed by atoms with Crippen molar-refractivity contribution in [2.75, 3.05) is 14.2 Å². The van der Waals surface area contributed by atoms with Crippen molar-refractivity contribution >= 4 is 34.5 Å². The van der Waals surface area contributed by atoms with Gasteiger partial charge in [0.25, 0.3) is 0 Å². The lowest BCUT2D eigenvalue weighted by atomic mass is 10.1. The molecule has 0 aliphatic heterocycles. The smallest absolute Gasteiger partial charge is 0.185 e. The van der Waals surface area contributed by atoms with Gasteiger partial charge in [0.1, 0.15) is 11.5 Å². The van der Waals surface area contributed by atoms with Crippen LogP contribution >= 0.6 is 22.6 Å². The van der Waals surface area contributed by atoms with Crippen LogP contribution in [-0.2, 0) is 0 Å². The second-order valence-electron chi connectivity index (χ2n) is 4.31. The van der Waals surface area contributed by atoms with E-state index in [4.69, 9.17) is 9.47 Å². The number of ether oxygens (including phenoxy) is 2. The van der Waals surface area contributed by atoms with E-state index < -0.39 is 0 Å². The Bertz CT molecular complexity index is 660. The Hall–Kier alpha value is -1.82. The van der Waals surface area contributed by atoms with E-state index in [0.717, 1.165) is 9.13 Å². The molecule has 3 nitrogen and oxygen atoms in total. The van der Waals surface area contributed by atoms with Gasteiger partial charge >= 0.3 is 0 Å². The minimum absolute atomic E-state index is 0.0377. The first-order valence-electron chi connectivity index (χ1n) is 6.34. The highest BCUT2D eigenvalue weighted by Gasteiger charge is 2.04. The second kappa shape index (κ2) is 7.26. The number of hydrogen-bond donors (Lipinski definition) is 0. The number of carbonyl (C=O) groups is 1. The van der Waals surface area contributed by atoms with Gasteiger partial charge in [-0.05, 0) is 59.0 Å². The molecule has 2 aromatic carbocycles. The molecule has 2 rings (SSSR count). The molecule has 0 aliphatic carbocycles. The minimum Gasteiger partial charge on any atom is -0.497 e. The number of carbonyl (C=O) groups excluding carboxylic acids is 1. The number of methoxy groups -OCH3 is 2. The highest BCUT2D eigenvalue weighted by Crippen LogP contribution is 2.25. The van der Waals surface area contributed by atoms with Gasteiger partial charge in [0.05, 0.1) is 14.2 Å². The van der Waals surface area contributed by atoms with Crippen LogP contribution in [0.3, 0.4) is 0 Å². The average Bonchev–Trinajstić information content (AvgIpc) is 2.53. The maximum atomic E-state index is 12.1. The second-order valence-corrected chi connectivity index (χ2v) is 5.56. The largest absolute Gasteiger partial charge is 0.497 e. The van der Waals surface area contributed by atoms with Crippen LogP contribution in [-0.4, -0.2) is 20.0 Å². The lowest BCUT2D eigenvalue weighted by Gasteiger charge is -2.07. The van der Waals surface area contributed by atoms with Crippen molar-refractivity contribution < 1.29 is 14.3 Å². The van der Waals surface area contributed by atoms with Crippen molar-refractivity contribution in [2.45, 2.75) is 0 Å². The molecule has 0 heterocycles. The van der Waals surface area contributed by atoms with E-state index in [0.29, 0.717) is 17.1 Å². The fourth-order valence-corrected chi connectivity index (χ4v) is 2.19. The molecule has 21 heavy (non-hydrogen) atoms. The number of benzene rings is 2. The molecule has 0 saturated heterocycles. The monoisotopic (exact) mass is 394 g/mol. The summed E-state index contributed by atoms with van der Waals surface area (Å²) in [6, 6.07) is 12.9. The van der Waals surface area contributed by atoms with Crippen molar-refractivity contribution in [2.24, 2.45) is 0 Å². The summed E-state index contributed by atoms with van der Waals surface area (Å²) in [6.07, 6.45) is 3.30. The molecule has 0 N–H and O–H groups in total.